The average Bonchev–Trinajstić information content (AvgIpc) is 2.47. The Morgan fingerprint density at radius 3 is 2.26 bits per heavy atom. The zero-order chi connectivity index (χ0) is 20.1. The molecule has 156 valence electrons. The fraction of sp³-hybridized carbons (Fsp3) is 0.955. The second kappa shape index (κ2) is 6.70. The zero-order valence-corrected chi connectivity index (χ0v) is 18.0. The lowest BCUT2D eigenvalue weighted by Gasteiger charge is -2.63. The smallest absolute Gasteiger partial charge is 0.312 e. The van der Waals surface area contributed by atoms with Crippen LogP contribution in [0.25, 0.3) is 0 Å². The van der Waals surface area contributed by atoms with Gasteiger partial charge < -0.3 is 19.3 Å². The Morgan fingerprint density at radius 2 is 1.67 bits per heavy atom. The van der Waals surface area contributed by atoms with E-state index >= 15 is 0 Å². The Morgan fingerprint density at radius 1 is 1.04 bits per heavy atom. The van der Waals surface area contributed by atoms with Crippen molar-refractivity contribution in [2.45, 2.75) is 103 Å². The molecule has 27 heavy (non-hydrogen) atoms. The van der Waals surface area contributed by atoms with Gasteiger partial charge in [0.05, 0.1) is 23.2 Å². The molecule has 0 radical (unpaired) electrons. The molecular formula is C22H38O5. The molecule has 5 heteroatoms. The van der Waals surface area contributed by atoms with Crippen molar-refractivity contribution in [3.05, 3.63) is 0 Å². The minimum atomic E-state index is -0.792. The van der Waals surface area contributed by atoms with Crippen LogP contribution in [0.4, 0.5) is 0 Å². The first-order chi connectivity index (χ1) is 12.3. The van der Waals surface area contributed by atoms with E-state index in [2.05, 4.69) is 20.8 Å². The Labute approximate surface area is 164 Å². The van der Waals surface area contributed by atoms with Crippen LogP contribution in [0.2, 0.25) is 0 Å². The monoisotopic (exact) mass is 382 g/mol. The summed E-state index contributed by atoms with van der Waals surface area (Å²) in [6.07, 6.45) is 5.11. The Hall–Kier alpha value is -0.650. The second-order valence-electron chi connectivity index (χ2n) is 11.4. The maximum atomic E-state index is 12.8. The summed E-state index contributed by atoms with van der Waals surface area (Å²) in [6, 6.07) is 0. The van der Waals surface area contributed by atoms with Crippen molar-refractivity contribution in [2.24, 2.45) is 16.7 Å². The van der Waals surface area contributed by atoms with E-state index in [4.69, 9.17) is 14.2 Å². The topological polar surface area (TPSA) is 65.0 Å². The maximum Gasteiger partial charge on any atom is 0.312 e. The van der Waals surface area contributed by atoms with Crippen molar-refractivity contribution >= 4 is 5.97 Å². The fourth-order valence-corrected chi connectivity index (χ4v) is 5.48. The predicted octanol–water partition coefficient (Wildman–Crippen LogP) is 4.21. The maximum absolute atomic E-state index is 12.8. The largest absolute Gasteiger partial charge is 0.458 e. The average molecular weight is 383 g/mol. The van der Waals surface area contributed by atoms with Gasteiger partial charge >= 0.3 is 5.97 Å². The van der Waals surface area contributed by atoms with Crippen molar-refractivity contribution in [3.63, 3.8) is 0 Å². The molecule has 4 bridgehead atoms. The van der Waals surface area contributed by atoms with Crippen LogP contribution in [0.1, 0.15) is 86.5 Å². The van der Waals surface area contributed by atoms with Gasteiger partial charge in [-0.1, -0.05) is 27.7 Å². The number of hydrogen-bond donors (Lipinski definition) is 1. The predicted molar refractivity (Wildman–Crippen MR) is 103 cm³/mol. The Bertz CT molecular complexity index is 580. The molecule has 5 nitrogen and oxygen atoms in total. The summed E-state index contributed by atoms with van der Waals surface area (Å²) in [5.41, 5.74) is -2.24. The standard InChI is InChI=1S/C22H38O5/c1-7-19(5,6)17(23)27-22-10-16-8-20(24,12-22)11-21(9-16,13-22)26-15-25-14-18(2,3)4/h16,24H,7-15H2,1-6H3. The lowest BCUT2D eigenvalue weighted by Crippen LogP contribution is -2.68. The van der Waals surface area contributed by atoms with Crippen LogP contribution < -0.4 is 0 Å². The first-order valence-corrected chi connectivity index (χ1v) is 10.5. The van der Waals surface area contributed by atoms with E-state index in [9.17, 15) is 9.90 Å². The molecule has 4 rings (SSSR count). The molecule has 4 fully saturated rings. The number of aliphatic hydroxyl groups is 1. The van der Waals surface area contributed by atoms with Crippen molar-refractivity contribution < 1.29 is 24.1 Å². The van der Waals surface area contributed by atoms with Crippen LogP contribution >= 0.6 is 0 Å². The van der Waals surface area contributed by atoms with E-state index < -0.39 is 22.2 Å². The van der Waals surface area contributed by atoms with Crippen LogP contribution in [0.3, 0.4) is 0 Å². The van der Waals surface area contributed by atoms with Gasteiger partial charge in [0.15, 0.2) is 0 Å². The highest BCUT2D eigenvalue weighted by molar-refractivity contribution is 5.76. The summed E-state index contributed by atoms with van der Waals surface area (Å²) in [5, 5.41) is 11.2. The van der Waals surface area contributed by atoms with Crippen LogP contribution in [-0.4, -0.2) is 41.3 Å². The number of esters is 1. The highest BCUT2D eigenvalue weighted by Crippen LogP contribution is 2.62. The van der Waals surface area contributed by atoms with E-state index in [0.29, 0.717) is 31.8 Å². The SMILES string of the molecule is CCC(C)(C)C(=O)OC12CC3CC(O)(CC(OCOCC(C)(C)C)(C3)C1)C2. The number of rotatable bonds is 7. The second-order valence-corrected chi connectivity index (χ2v) is 11.4. The summed E-state index contributed by atoms with van der Waals surface area (Å²) in [7, 11) is 0. The normalized spacial score (nSPS) is 38.3. The Kier molecular flexibility index (Phi) is 5.23. The van der Waals surface area contributed by atoms with Crippen LogP contribution in [0.15, 0.2) is 0 Å². The summed E-state index contributed by atoms with van der Waals surface area (Å²) in [6.45, 7) is 13.1. The lowest BCUT2D eigenvalue weighted by atomic mass is 9.50. The highest BCUT2D eigenvalue weighted by Gasteiger charge is 2.65. The van der Waals surface area contributed by atoms with E-state index in [1.165, 1.54) is 0 Å². The van der Waals surface area contributed by atoms with Crippen molar-refractivity contribution in [3.8, 4) is 0 Å². The quantitative estimate of drug-likeness (QED) is 0.406. The number of hydrogen-bond acceptors (Lipinski definition) is 5. The van der Waals surface area contributed by atoms with E-state index in [-0.39, 0.29) is 18.2 Å². The van der Waals surface area contributed by atoms with Gasteiger partial charge in [-0.3, -0.25) is 4.79 Å². The minimum absolute atomic E-state index is 0.0888. The van der Waals surface area contributed by atoms with Crippen molar-refractivity contribution in [2.75, 3.05) is 13.4 Å². The van der Waals surface area contributed by atoms with Crippen molar-refractivity contribution in [1.29, 1.82) is 0 Å². The molecule has 4 aliphatic rings. The first kappa shape index (κ1) is 21.1. The number of carbonyl (C=O) groups is 1. The molecule has 1 N–H and O–H groups in total. The van der Waals surface area contributed by atoms with E-state index in [1.54, 1.807) is 0 Å². The molecule has 0 heterocycles. The molecular weight excluding hydrogens is 344 g/mol. The van der Waals surface area contributed by atoms with E-state index in [1.807, 2.05) is 20.8 Å². The van der Waals surface area contributed by atoms with Gasteiger partial charge in [-0.2, -0.15) is 0 Å². The summed E-state index contributed by atoms with van der Waals surface area (Å²) >= 11 is 0. The van der Waals surface area contributed by atoms with Crippen LogP contribution in [-0.2, 0) is 19.0 Å². The van der Waals surface area contributed by atoms with Gasteiger partial charge in [0.2, 0.25) is 0 Å². The lowest BCUT2D eigenvalue weighted by molar-refractivity contribution is -0.291. The summed E-state index contributed by atoms with van der Waals surface area (Å²) in [5.74, 6) is 0.182. The molecule has 0 saturated heterocycles. The number of carbonyl (C=O) groups excluding carboxylic acids is 1. The fourth-order valence-electron chi connectivity index (χ4n) is 5.48. The molecule has 0 aliphatic heterocycles. The third-order valence-electron chi connectivity index (χ3n) is 6.67. The summed E-state index contributed by atoms with van der Waals surface area (Å²) in [4.78, 5) is 12.8. The third kappa shape index (κ3) is 4.51. The highest BCUT2D eigenvalue weighted by atomic mass is 16.7. The zero-order valence-electron chi connectivity index (χ0n) is 18.0. The molecule has 4 unspecified atom stereocenters. The molecule has 4 aliphatic carbocycles. The molecule has 0 spiro atoms. The first-order valence-electron chi connectivity index (χ1n) is 10.5. The van der Waals surface area contributed by atoms with Crippen LogP contribution in [0.5, 0.6) is 0 Å². The minimum Gasteiger partial charge on any atom is -0.458 e. The van der Waals surface area contributed by atoms with Crippen LogP contribution in [0, 0.1) is 16.7 Å². The third-order valence-corrected chi connectivity index (χ3v) is 6.67. The van der Waals surface area contributed by atoms with Gasteiger partial charge in [-0.15, -0.1) is 0 Å². The van der Waals surface area contributed by atoms with Gasteiger partial charge in [0.1, 0.15) is 12.4 Å². The Balaban J connectivity index is 1.72. The molecule has 4 atom stereocenters. The molecule has 0 aromatic heterocycles. The molecule has 4 saturated carbocycles. The van der Waals surface area contributed by atoms with Gasteiger partial charge in [0, 0.05) is 19.3 Å². The number of ether oxygens (including phenoxy) is 3. The van der Waals surface area contributed by atoms with Gasteiger partial charge in [-0.25, -0.2) is 0 Å². The summed E-state index contributed by atoms with van der Waals surface area (Å²) < 4.78 is 18.1. The van der Waals surface area contributed by atoms with Gasteiger partial charge in [-0.05, 0) is 50.9 Å². The van der Waals surface area contributed by atoms with Gasteiger partial charge in [0.25, 0.3) is 0 Å². The van der Waals surface area contributed by atoms with Crippen molar-refractivity contribution in [1.82, 2.24) is 0 Å². The molecule has 0 aromatic rings. The molecule has 0 aromatic carbocycles. The molecule has 0 amide bonds. The van der Waals surface area contributed by atoms with E-state index in [0.717, 1.165) is 25.7 Å².